The number of aromatic nitrogens is 2. The van der Waals surface area contributed by atoms with Gasteiger partial charge in [0.1, 0.15) is 17.7 Å². The van der Waals surface area contributed by atoms with E-state index in [0.29, 0.717) is 13.0 Å². The van der Waals surface area contributed by atoms with Gasteiger partial charge in [-0.3, -0.25) is 4.79 Å². The van der Waals surface area contributed by atoms with Crippen LogP contribution in [0, 0.1) is 0 Å². The molecule has 38 heavy (non-hydrogen) atoms. The van der Waals surface area contributed by atoms with Crippen LogP contribution in [0.25, 0.3) is 0 Å². The number of amides is 1. The number of nitrogens with two attached hydrogens (primary N) is 2. The number of unbranched alkanes of at least 4 members (excludes halogenated alkanes) is 2. The Labute approximate surface area is 227 Å². The molecule has 7 N–H and O–H groups in total. The van der Waals surface area contributed by atoms with Gasteiger partial charge in [-0.1, -0.05) is 41.0 Å². The zero-order chi connectivity index (χ0) is 30.4. The average Bonchev–Trinajstić information content (AvgIpc) is 2.88. The Morgan fingerprint density at radius 1 is 1.16 bits per heavy atom. The molecule has 0 radical (unpaired) electrons. The summed E-state index contributed by atoms with van der Waals surface area (Å²) in [6.07, 6.45) is 5.24. The number of nitrogens with one attached hydrogen (secondary N) is 2. The van der Waals surface area contributed by atoms with Crippen molar-refractivity contribution in [1.29, 1.82) is 0 Å². The van der Waals surface area contributed by atoms with Crippen molar-refractivity contribution in [3.63, 3.8) is 0 Å². The van der Waals surface area contributed by atoms with Crippen molar-refractivity contribution in [2.75, 3.05) is 13.6 Å². The Kier molecular flexibility index (Phi) is 32.4. The minimum Gasteiger partial charge on any atom is -0.483 e. The quantitative estimate of drug-likeness (QED) is 0.0958. The number of aldehydes is 1. The number of carbonyl (C=O) groups is 3. The van der Waals surface area contributed by atoms with E-state index in [9.17, 15) is 9.59 Å². The molecule has 13 heteroatoms. The van der Waals surface area contributed by atoms with Crippen LogP contribution in [0.5, 0.6) is 0 Å². The lowest BCUT2D eigenvalue weighted by Crippen LogP contribution is -2.34. The fraction of sp³-hybridized carbons (Fsp3) is 0.640. The van der Waals surface area contributed by atoms with Crippen LogP contribution in [0.15, 0.2) is 22.5 Å². The maximum absolute atomic E-state index is 11.5. The number of nitrogens with zero attached hydrogens (tertiary/aromatic N) is 4. The molecule has 1 aromatic heterocycles. The lowest BCUT2D eigenvalue weighted by molar-refractivity contribution is -0.122. The Morgan fingerprint density at radius 2 is 1.74 bits per heavy atom. The molecule has 13 nitrogen and oxygen atoms in total. The number of hydrogen-bond acceptors (Lipinski definition) is 9. The van der Waals surface area contributed by atoms with E-state index in [1.54, 1.807) is 33.0 Å². The van der Waals surface area contributed by atoms with Gasteiger partial charge in [-0.2, -0.15) is 0 Å². The summed E-state index contributed by atoms with van der Waals surface area (Å²) in [5.41, 5.74) is 11.8. The van der Waals surface area contributed by atoms with Crippen molar-refractivity contribution in [1.82, 2.24) is 20.6 Å². The maximum atomic E-state index is 11.5. The second-order valence-corrected chi connectivity index (χ2v) is 7.57. The van der Waals surface area contributed by atoms with Crippen LogP contribution in [0.4, 0.5) is 4.79 Å². The maximum Gasteiger partial charge on any atom is 0.407 e. The minimum atomic E-state index is -0.551. The Balaban J connectivity index is -0.000000373. The second kappa shape index (κ2) is 29.6. The first kappa shape index (κ1) is 41.5. The van der Waals surface area contributed by atoms with Crippen molar-refractivity contribution in [2.45, 2.75) is 93.2 Å². The van der Waals surface area contributed by atoms with Crippen molar-refractivity contribution in [3.8, 4) is 0 Å². The fourth-order valence-corrected chi connectivity index (χ4v) is 1.91. The zero-order valence-corrected chi connectivity index (χ0v) is 24.6. The highest BCUT2D eigenvalue weighted by Gasteiger charge is 2.15. The number of rotatable bonds is 10. The topological polar surface area (TPSA) is 207 Å². The highest BCUT2D eigenvalue weighted by atomic mass is 16.6. The third-order valence-corrected chi connectivity index (χ3v) is 3.31. The number of amidine groups is 2. The fourth-order valence-electron chi connectivity index (χ4n) is 1.91. The number of alkyl carbamates (subject to hydrolysis) is 1. The van der Waals surface area contributed by atoms with Crippen molar-refractivity contribution in [3.05, 3.63) is 23.8 Å². The van der Waals surface area contributed by atoms with Gasteiger partial charge in [0, 0.05) is 32.1 Å². The van der Waals surface area contributed by atoms with Crippen LogP contribution in [0.1, 0.15) is 92.6 Å². The van der Waals surface area contributed by atoms with Crippen molar-refractivity contribution < 1.29 is 24.2 Å². The van der Waals surface area contributed by atoms with E-state index >= 15 is 0 Å². The molecule has 0 fully saturated rings. The summed E-state index contributed by atoms with van der Waals surface area (Å²) in [7, 11) is 1.82. The monoisotopic (exact) mass is 542 g/mol. The SMILES string of the molecule is CC.CC.CCCCC=O.CNCc1ccnc(/C(N)=N/N=C(\N)CCNC(=O)OC(C)(C)C)n1.O=CO. The Hall–Kier alpha value is -3.61. The lowest BCUT2D eigenvalue weighted by atomic mass is 10.2. The summed E-state index contributed by atoms with van der Waals surface area (Å²) in [6.45, 7) is 16.0. The summed E-state index contributed by atoms with van der Waals surface area (Å²) < 4.78 is 5.11. The zero-order valence-electron chi connectivity index (χ0n) is 24.6. The van der Waals surface area contributed by atoms with E-state index in [2.05, 4.69) is 37.7 Å². The number of ether oxygens (including phenoxy) is 1. The van der Waals surface area contributed by atoms with Gasteiger partial charge in [0.2, 0.25) is 0 Å². The van der Waals surface area contributed by atoms with Gasteiger partial charge in [-0.15, -0.1) is 10.2 Å². The Morgan fingerprint density at radius 3 is 2.18 bits per heavy atom. The van der Waals surface area contributed by atoms with Gasteiger partial charge in [0.05, 0.1) is 5.69 Å². The molecule has 0 saturated heterocycles. The van der Waals surface area contributed by atoms with Crippen LogP contribution < -0.4 is 22.1 Å². The molecule has 0 bridgehead atoms. The first-order valence-electron chi connectivity index (χ1n) is 12.6. The third-order valence-electron chi connectivity index (χ3n) is 3.31. The van der Waals surface area contributed by atoms with Crippen molar-refractivity contribution in [2.24, 2.45) is 21.7 Å². The normalized spacial score (nSPS) is 10.3. The molecule has 0 spiro atoms. The largest absolute Gasteiger partial charge is 0.483 e. The minimum absolute atomic E-state index is 0.0565. The highest BCUT2D eigenvalue weighted by molar-refractivity contribution is 5.94. The molecule has 220 valence electrons. The lowest BCUT2D eigenvalue weighted by Gasteiger charge is -2.19. The van der Waals surface area contributed by atoms with Crippen LogP contribution in [0.2, 0.25) is 0 Å². The van der Waals surface area contributed by atoms with Crippen LogP contribution in [-0.4, -0.2) is 64.8 Å². The standard InChI is InChI=1S/C15H26N8O2.C5H10O.2C2H6.CH2O2/c1-15(2,3)25-14(24)20-8-6-11(16)22-23-12(17)13-19-7-5-10(21-13)9-18-4;1-2-3-4-5-6;2*1-2;2-1-3/h5,7,18H,6,8-9H2,1-4H3,(H2,16,22)(H2,17,23)(H,20,24);5H,2-4H2,1H3;2*1-2H3;1H,(H,2,3). The van der Waals surface area contributed by atoms with E-state index in [4.69, 9.17) is 26.1 Å². The van der Waals surface area contributed by atoms with E-state index in [1.807, 2.05) is 34.7 Å². The van der Waals surface area contributed by atoms with Crippen molar-refractivity contribution >= 4 is 30.5 Å². The molecule has 0 unspecified atom stereocenters. The summed E-state index contributed by atoms with van der Waals surface area (Å²) in [6, 6.07) is 1.77. The molecule has 1 heterocycles. The van der Waals surface area contributed by atoms with E-state index in [-0.39, 0.29) is 30.5 Å². The van der Waals surface area contributed by atoms with Gasteiger partial charge in [0.25, 0.3) is 6.47 Å². The molecular formula is C25H50N8O5. The molecule has 0 saturated carbocycles. The predicted molar refractivity (Wildman–Crippen MR) is 153 cm³/mol. The van der Waals surface area contributed by atoms with E-state index in [1.165, 1.54) is 0 Å². The Bertz CT molecular complexity index is 781. The number of carboxylic acid groups (broad SMARTS) is 1. The first-order chi connectivity index (χ1) is 18.0. The van der Waals surface area contributed by atoms with Gasteiger partial charge < -0.3 is 36.7 Å². The van der Waals surface area contributed by atoms with Gasteiger partial charge in [0.15, 0.2) is 11.7 Å². The number of carbonyl (C=O) groups excluding carboxylic acids is 2. The van der Waals surface area contributed by atoms with E-state index in [0.717, 1.165) is 31.2 Å². The molecule has 1 amide bonds. The molecule has 1 rings (SSSR count). The summed E-state index contributed by atoms with van der Waals surface area (Å²) in [4.78, 5) is 37.7. The third kappa shape index (κ3) is 30.4. The molecule has 1 aromatic rings. The van der Waals surface area contributed by atoms with Crippen LogP contribution in [0.3, 0.4) is 0 Å². The van der Waals surface area contributed by atoms with E-state index < -0.39 is 11.7 Å². The predicted octanol–water partition coefficient (Wildman–Crippen LogP) is 3.22. The molecule has 0 atom stereocenters. The second-order valence-electron chi connectivity index (χ2n) is 7.57. The van der Waals surface area contributed by atoms with Gasteiger partial charge in [-0.05, 0) is 40.3 Å². The molecule has 0 aliphatic carbocycles. The van der Waals surface area contributed by atoms with Crippen LogP contribution >= 0.6 is 0 Å². The summed E-state index contributed by atoms with van der Waals surface area (Å²) in [5.74, 6) is 0.544. The number of hydrogen-bond donors (Lipinski definition) is 5. The molecule has 0 aliphatic heterocycles. The summed E-state index contributed by atoms with van der Waals surface area (Å²) in [5, 5.41) is 20.1. The smallest absolute Gasteiger partial charge is 0.407 e. The van der Waals surface area contributed by atoms with Crippen LogP contribution in [-0.2, 0) is 20.9 Å². The molecular weight excluding hydrogens is 492 g/mol. The van der Waals surface area contributed by atoms with Gasteiger partial charge in [-0.25, -0.2) is 14.8 Å². The first-order valence-corrected chi connectivity index (χ1v) is 12.6. The van der Waals surface area contributed by atoms with Gasteiger partial charge >= 0.3 is 6.09 Å². The highest BCUT2D eigenvalue weighted by Crippen LogP contribution is 2.06. The average molecular weight is 543 g/mol. The summed E-state index contributed by atoms with van der Waals surface area (Å²) >= 11 is 0. The molecule has 0 aromatic carbocycles. The molecule has 0 aliphatic rings.